The molecule has 1 aromatic rings. The van der Waals surface area contributed by atoms with Gasteiger partial charge in [-0.15, -0.1) is 11.3 Å². The minimum atomic E-state index is 0.0266. The average Bonchev–Trinajstić information content (AvgIpc) is 2.80. The molecule has 0 aliphatic carbocycles. The molecular formula is C15H22N2OS. The van der Waals surface area contributed by atoms with Crippen molar-refractivity contribution >= 4 is 17.2 Å². The zero-order valence-corrected chi connectivity index (χ0v) is 13.1. The van der Waals surface area contributed by atoms with Crippen molar-refractivity contribution in [2.75, 3.05) is 13.6 Å². The van der Waals surface area contributed by atoms with Crippen molar-refractivity contribution in [2.24, 2.45) is 11.1 Å². The van der Waals surface area contributed by atoms with Gasteiger partial charge in [-0.3, -0.25) is 4.79 Å². The van der Waals surface area contributed by atoms with Gasteiger partial charge in [0.25, 0.3) is 5.91 Å². The highest BCUT2D eigenvalue weighted by Crippen LogP contribution is 2.26. The van der Waals surface area contributed by atoms with Crippen LogP contribution < -0.4 is 5.73 Å². The van der Waals surface area contributed by atoms with Crippen molar-refractivity contribution in [2.45, 2.75) is 33.7 Å². The monoisotopic (exact) mass is 278 g/mol. The number of thiophene rings is 1. The highest BCUT2D eigenvalue weighted by atomic mass is 32.1. The molecule has 2 N–H and O–H groups in total. The van der Waals surface area contributed by atoms with Crippen molar-refractivity contribution in [1.29, 1.82) is 0 Å². The minimum absolute atomic E-state index is 0.0266. The molecule has 0 fully saturated rings. The lowest BCUT2D eigenvalue weighted by Crippen LogP contribution is -2.42. The van der Waals surface area contributed by atoms with Gasteiger partial charge in [0.2, 0.25) is 0 Å². The molecule has 0 saturated carbocycles. The molecule has 0 bridgehead atoms. The van der Waals surface area contributed by atoms with Gasteiger partial charge in [-0.05, 0) is 23.8 Å². The normalized spacial score (nSPS) is 12.5. The van der Waals surface area contributed by atoms with Gasteiger partial charge in [-0.25, -0.2) is 0 Å². The summed E-state index contributed by atoms with van der Waals surface area (Å²) in [6.07, 6.45) is 0. The summed E-state index contributed by atoms with van der Waals surface area (Å²) >= 11 is 1.43. The third-order valence-corrected chi connectivity index (χ3v) is 4.24. The maximum Gasteiger partial charge on any atom is 0.265 e. The highest BCUT2D eigenvalue weighted by molar-refractivity contribution is 7.12. The Hall–Kier alpha value is -1.31. The maximum atomic E-state index is 12.5. The van der Waals surface area contributed by atoms with Gasteiger partial charge in [-0.1, -0.05) is 32.6 Å². The molecule has 4 heteroatoms. The van der Waals surface area contributed by atoms with E-state index < -0.39 is 0 Å². The van der Waals surface area contributed by atoms with Crippen LogP contribution in [-0.2, 0) is 0 Å². The van der Waals surface area contributed by atoms with Crippen LogP contribution in [0.25, 0.3) is 0 Å². The zero-order valence-electron chi connectivity index (χ0n) is 12.3. The van der Waals surface area contributed by atoms with E-state index in [0.717, 1.165) is 5.56 Å². The number of nitrogens with two attached hydrogens (primary N) is 1. The van der Waals surface area contributed by atoms with Crippen LogP contribution in [0.1, 0.15) is 42.9 Å². The predicted octanol–water partition coefficient (Wildman–Crippen LogP) is 2.56. The second-order valence-electron chi connectivity index (χ2n) is 5.63. The topological polar surface area (TPSA) is 46.3 Å². The SMILES string of the molecule is CC(N(C)C(=O)c1sccc1C#CCN)C(C)(C)C. The standard InChI is InChI=1S/C15H22N2OS/c1-11(15(2,3)4)17(5)14(18)13-12(7-6-9-16)8-10-19-13/h8,10-11H,9,16H2,1-5H3. The molecule has 104 valence electrons. The van der Waals surface area contributed by atoms with Crippen LogP contribution in [0.2, 0.25) is 0 Å². The molecule has 1 heterocycles. The number of rotatable bonds is 2. The van der Waals surface area contributed by atoms with Crippen molar-refractivity contribution in [3.8, 4) is 11.8 Å². The average molecular weight is 278 g/mol. The Morgan fingerprint density at radius 2 is 2.16 bits per heavy atom. The summed E-state index contributed by atoms with van der Waals surface area (Å²) < 4.78 is 0. The fraction of sp³-hybridized carbons (Fsp3) is 0.533. The molecule has 0 radical (unpaired) electrons. The molecule has 1 aromatic heterocycles. The van der Waals surface area contributed by atoms with Crippen LogP contribution in [0.5, 0.6) is 0 Å². The summed E-state index contributed by atoms with van der Waals surface area (Å²) in [6.45, 7) is 8.76. The minimum Gasteiger partial charge on any atom is -0.338 e. The van der Waals surface area contributed by atoms with Crippen LogP contribution >= 0.6 is 11.3 Å². The summed E-state index contributed by atoms with van der Waals surface area (Å²) in [6, 6.07) is 2.02. The first-order valence-electron chi connectivity index (χ1n) is 6.32. The summed E-state index contributed by atoms with van der Waals surface area (Å²) in [7, 11) is 1.85. The van der Waals surface area contributed by atoms with E-state index in [1.807, 2.05) is 18.5 Å². The van der Waals surface area contributed by atoms with Crippen LogP contribution in [-0.4, -0.2) is 30.4 Å². The predicted molar refractivity (Wildman–Crippen MR) is 81.3 cm³/mol. The van der Waals surface area contributed by atoms with Crippen molar-refractivity contribution in [1.82, 2.24) is 4.90 Å². The lowest BCUT2D eigenvalue weighted by molar-refractivity contribution is 0.0634. The van der Waals surface area contributed by atoms with Gasteiger partial charge in [0.1, 0.15) is 4.88 Å². The molecule has 1 unspecified atom stereocenters. The number of hydrogen-bond donors (Lipinski definition) is 1. The lowest BCUT2D eigenvalue weighted by Gasteiger charge is -2.35. The van der Waals surface area contributed by atoms with Gasteiger partial charge in [0.15, 0.2) is 0 Å². The first-order chi connectivity index (χ1) is 8.79. The molecule has 3 nitrogen and oxygen atoms in total. The van der Waals surface area contributed by atoms with E-state index in [4.69, 9.17) is 5.73 Å². The van der Waals surface area contributed by atoms with Crippen LogP contribution in [0.3, 0.4) is 0 Å². The Morgan fingerprint density at radius 3 is 2.68 bits per heavy atom. The second kappa shape index (κ2) is 6.23. The highest BCUT2D eigenvalue weighted by Gasteiger charge is 2.28. The van der Waals surface area contributed by atoms with Crippen molar-refractivity contribution < 1.29 is 4.79 Å². The van der Waals surface area contributed by atoms with Crippen molar-refractivity contribution in [3.05, 3.63) is 21.9 Å². The molecule has 0 saturated heterocycles. The Labute approximate surface area is 119 Å². The number of amides is 1. The molecule has 1 rings (SSSR count). The van der Waals surface area contributed by atoms with E-state index in [9.17, 15) is 4.79 Å². The molecule has 1 amide bonds. The third-order valence-electron chi connectivity index (χ3n) is 3.34. The molecule has 0 aliphatic heterocycles. The summed E-state index contributed by atoms with van der Waals surface area (Å²) in [5.41, 5.74) is 6.19. The maximum absolute atomic E-state index is 12.5. The second-order valence-corrected chi connectivity index (χ2v) is 6.54. The molecule has 1 atom stereocenters. The summed E-state index contributed by atoms with van der Waals surface area (Å²) in [5.74, 6) is 5.78. The fourth-order valence-electron chi connectivity index (χ4n) is 1.64. The molecule has 19 heavy (non-hydrogen) atoms. The number of carbonyl (C=O) groups excluding carboxylic acids is 1. The molecular weight excluding hydrogens is 256 g/mol. The van der Waals surface area contributed by atoms with E-state index in [0.29, 0.717) is 11.4 Å². The first-order valence-corrected chi connectivity index (χ1v) is 7.20. The Balaban J connectivity index is 2.98. The number of carbonyl (C=O) groups is 1. The van der Waals surface area contributed by atoms with E-state index in [1.54, 1.807) is 4.90 Å². The number of hydrogen-bond acceptors (Lipinski definition) is 3. The largest absolute Gasteiger partial charge is 0.338 e. The van der Waals surface area contributed by atoms with Crippen LogP contribution in [0.4, 0.5) is 0 Å². The quantitative estimate of drug-likeness (QED) is 0.845. The zero-order chi connectivity index (χ0) is 14.6. The van der Waals surface area contributed by atoms with Gasteiger partial charge < -0.3 is 10.6 Å². The molecule has 0 aromatic carbocycles. The molecule has 0 spiro atoms. The van der Waals surface area contributed by atoms with E-state index >= 15 is 0 Å². The van der Waals surface area contributed by atoms with E-state index in [2.05, 4.69) is 39.5 Å². The van der Waals surface area contributed by atoms with Crippen LogP contribution in [0, 0.1) is 17.3 Å². The summed E-state index contributed by atoms with van der Waals surface area (Å²) in [4.78, 5) is 15.0. The third kappa shape index (κ3) is 3.82. The smallest absolute Gasteiger partial charge is 0.265 e. The van der Waals surface area contributed by atoms with E-state index in [-0.39, 0.29) is 17.4 Å². The summed E-state index contributed by atoms with van der Waals surface area (Å²) in [5, 5.41) is 1.89. The number of nitrogens with zero attached hydrogens (tertiary/aromatic N) is 1. The first kappa shape index (κ1) is 15.7. The van der Waals surface area contributed by atoms with Gasteiger partial charge in [0.05, 0.1) is 6.54 Å². The Morgan fingerprint density at radius 1 is 1.53 bits per heavy atom. The van der Waals surface area contributed by atoms with E-state index in [1.165, 1.54) is 11.3 Å². The van der Waals surface area contributed by atoms with Gasteiger partial charge in [0, 0.05) is 18.7 Å². The van der Waals surface area contributed by atoms with Crippen LogP contribution in [0.15, 0.2) is 11.4 Å². The van der Waals surface area contributed by atoms with Gasteiger partial charge >= 0.3 is 0 Å². The van der Waals surface area contributed by atoms with Gasteiger partial charge in [-0.2, -0.15) is 0 Å². The fourth-order valence-corrected chi connectivity index (χ4v) is 2.47. The lowest BCUT2D eigenvalue weighted by atomic mass is 9.87. The Bertz CT molecular complexity index is 502. The molecule has 0 aliphatic rings. The van der Waals surface area contributed by atoms with Crippen molar-refractivity contribution in [3.63, 3.8) is 0 Å². The Kier molecular flexibility index (Phi) is 5.16.